The van der Waals surface area contributed by atoms with E-state index in [0.717, 1.165) is 11.3 Å². The van der Waals surface area contributed by atoms with Crippen LogP contribution in [0.3, 0.4) is 0 Å². The lowest BCUT2D eigenvalue weighted by atomic mass is 10.1. The number of nitrogens with two attached hydrogens (primary N) is 1. The Morgan fingerprint density at radius 3 is 2.63 bits per heavy atom. The maximum Gasteiger partial charge on any atom is 0.193 e. The molecule has 3 N–H and O–H groups in total. The molecule has 0 saturated heterocycles. The Morgan fingerprint density at radius 2 is 1.95 bits per heavy atom. The summed E-state index contributed by atoms with van der Waals surface area (Å²) in [6.07, 6.45) is 0. The topological polar surface area (TPSA) is 50.4 Å². The lowest BCUT2D eigenvalue weighted by molar-refractivity contribution is 0.617. The average Bonchev–Trinajstić information content (AvgIpc) is 2.41. The number of halogens is 1. The first-order chi connectivity index (χ1) is 9.15. The van der Waals surface area contributed by atoms with Crippen molar-refractivity contribution in [2.45, 2.75) is 13.5 Å². The SMILES string of the molecule is Cc1cc(CN=C(N)Nc2ccccc2)ccc1F. The average molecular weight is 257 g/mol. The first kappa shape index (κ1) is 13.1. The molecule has 3 nitrogen and oxygen atoms in total. The van der Waals surface area contributed by atoms with Crippen LogP contribution < -0.4 is 11.1 Å². The van der Waals surface area contributed by atoms with Crippen LogP contribution >= 0.6 is 0 Å². The predicted molar refractivity (Wildman–Crippen MR) is 76.5 cm³/mol. The number of aryl methyl sites for hydroxylation is 1. The first-order valence-corrected chi connectivity index (χ1v) is 6.02. The molecule has 19 heavy (non-hydrogen) atoms. The highest BCUT2D eigenvalue weighted by molar-refractivity contribution is 5.92. The van der Waals surface area contributed by atoms with E-state index in [2.05, 4.69) is 10.3 Å². The van der Waals surface area contributed by atoms with Crippen molar-refractivity contribution in [1.29, 1.82) is 0 Å². The Hall–Kier alpha value is -2.36. The van der Waals surface area contributed by atoms with Gasteiger partial charge in [0.2, 0.25) is 0 Å². The van der Waals surface area contributed by atoms with Crippen LogP contribution in [0.4, 0.5) is 10.1 Å². The molecule has 0 spiro atoms. The summed E-state index contributed by atoms with van der Waals surface area (Å²) in [4.78, 5) is 4.22. The molecule has 2 rings (SSSR count). The molecule has 0 unspecified atom stereocenters. The van der Waals surface area contributed by atoms with Gasteiger partial charge < -0.3 is 11.1 Å². The molecular weight excluding hydrogens is 241 g/mol. The van der Waals surface area contributed by atoms with Gasteiger partial charge in [-0.3, -0.25) is 0 Å². The summed E-state index contributed by atoms with van der Waals surface area (Å²) < 4.78 is 13.1. The van der Waals surface area contributed by atoms with E-state index in [-0.39, 0.29) is 5.82 Å². The number of para-hydroxylation sites is 1. The number of hydrogen-bond acceptors (Lipinski definition) is 1. The maximum atomic E-state index is 13.1. The number of guanidine groups is 1. The van der Waals surface area contributed by atoms with E-state index in [1.807, 2.05) is 30.3 Å². The molecule has 0 amide bonds. The van der Waals surface area contributed by atoms with Crippen LogP contribution in [0.2, 0.25) is 0 Å². The molecule has 2 aromatic rings. The molecular formula is C15H16FN3. The number of benzene rings is 2. The normalized spacial score (nSPS) is 11.4. The third-order valence-corrected chi connectivity index (χ3v) is 2.70. The third kappa shape index (κ3) is 3.81. The molecule has 0 aliphatic heterocycles. The fourth-order valence-corrected chi connectivity index (χ4v) is 1.69. The van der Waals surface area contributed by atoms with Gasteiger partial charge in [0, 0.05) is 5.69 Å². The van der Waals surface area contributed by atoms with Crippen LogP contribution in [0.25, 0.3) is 0 Å². The Bertz CT molecular complexity index is 579. The summed E-state index contributed by atoms with van der Waals surface area (Å²) in [5.41, 5.74) is 8.22. The van der Waals surface area contributed by atoms with Crippen LogP contribution in [0.15, 0.2) is 53.5 Å². The molecule has 0 aliphatic carbocycles. The van der Waals surface area contributed by atoms with Gasteiger partial charge >= 0.3 is 0 Å². The zero-order valence-corrected chi connectivity index (χ0v) is 10.7. The van der Waals surface area contributed by atoms with E-state index < -0.39 is 0 Å². The number of nitrogens with one attached hydrogen (secondary N) is 1. The number of rotatable bonds is 3. The molecule has 0 aliphatic rings. The van der Waals surface area contributed by atoms with Crippen LogP contribution in [0.1, 0.15) is 11.1 Å². The summed E-state index contributed by atoms with van der Waals surface area (Å²) in [5.74, 6) is 0.135. The van der Waals surface area contributed by atoms with E-state index in [1.54, 1.807) is 19.1 Å². The Balaban J connectivity index is 1.99. The molecule has 0 heterocycles. The van der Waals surface area contributed by atoms with Gasteiger partial charge in [-0.25, -0.2) is 9.38 Å². The van der Waals surface area contributed by atoms with Crippen LogP contribution in [-0.4, -0.2) is 5.96 Å². The van der Waals surface area contributed by atoms with Crippen molar-refractivity contribution < 1.29 is 4.39 Å². The van der Waals surface area contributed by atoms with E-state index in [1.165, 1.54) is 6.07 Å². The first-order valence-electron chi connectivity index (χ1n) is 6.02. The largest absolute Gasteiger partial charge is 0.370 e. The minimum Gasteiger partial charge on any atom is -0.370 e. The van der Waals surface area contributed by atoms with E-state index in [9.17, 15) is 4.39 Å². The summed E-state index contributed by atoms with van der Waals surface area (Å²) in [5, 5.41) is 2.99. The van der Waals surface area contributed by atoms with Crippen molar-refractivity contribution in [3.63, 3.8) is 0 Å². The molecule has 2 aromatic carbocycles. The third-order valence-electron chi connectivity index (χ3n) is 2.70. The molecule has 0 atom stereocenters. The Morgan fingerprint density at radius 1 is 1.21 bits per heavy atom. The zero-order chi connectivity index (χ0) is 13.7. The van der Waals surface area contributed by atoms with E-state index in [0.29, 0.717) is 18.1 Å². The molecule has 98 valence electrons. The monoisotopic (exact) mass is 257 g/mol. The summed E-state index contributed by atoms with van der Waals surface area (Å²) >= 11 is 0. The van der Waals surface area contributed by atoms with Gasteiger partial charge in [0.05, 0.1) is 6.54 Å². The van der Waals surface area contributed by atoms with Crippen molar-refractivity contribution >= 4 is 11.6 Å². The maximum absolute atomic E-state index is 13.1. The van der Waals surface area contributed by atoms with Crippen LogP contribution in [0, 0.1) is 12.7 Å². The van der Waals surface area contributed by atoms with Gasteiger partial charge in [0.25, 0.3) is 0 Å². The second-order valence-electron chi connectivity index (χ2n) is 4.28. The predicted octanol–water partition coefficient (Wildman–Crippen LogP) is 3.06. The zero-order valence-electron chi connectivity index (χ0n) is 10.7. The molecule has 4 heteroatoms. The van der Waals surface area contributed by atoms with Gasteiger partial charge in [0.15, 0.2) is 5.96 Å². The fraction of sp³-hybridized carbons (Fsp3) is 0.133. The summed E-state index contributed by atoms with van der Waals surface area (Å²) in [7, 11) is 0. The molecule has 0 radical (unpaired) electrons. The minimum absolute atomic E-state index is 0.205. The highest BCUT2D eigenvalue weighted by Gasteiger charge is 1.99. The number of anilines is 1. The summed E-state index contributed by atoms with van der Waals surface area (Å²) in [6, 6.07) is 14.5. The van der Waals surface area contributed by atoms with Crippen LogP contribution in [-0.2, 0) is 6.54 Å². The molecule has 0 bridgehead atoms. The van der Waals surface area contributed by atoms with E-state index >= 15 is 0 Å². The molecule has 0 fully saturated rings. The number of aliphatic imine (C=N–C) groups is 1. The van der Waals surface area contributed by atoms with Crippen molar-refractivity contribution in [3.05, 3.63) is 65.5 Å². The van der Waals surface area contributed by atoms with Gasteiger partial charge in [-0.2, -0.15) is 0 Å². The van der Waals surface area contributed by atoms with Gasteiger partial charge in [-0.05, 0) is 36.2 Å². The standard InChI is InChI=1S/C15H16FN3/c1-11-9-12(7-8-14(11)16)10-18-15(17)19-13-5-3-2-4-6-13/h2-9H,10H2,1H3,(H3,17,18,19). The second-order valence-corrected chi connectivity index (χ2v) is 4.28. The van der Waals surface area contributed by atoms with Gasteiger partial charge in [-0.15, -0.1) is 0 Å². The smallest absolute Gasteiger partial charge is 0.193 e. The Labute approximate surface area is 112 Å². The number of nitrogens with zero attached hydrogens (tertiary/aromatic N) is 1. The summed E-state index contributed by atoms with van der Waals surface area (Å²) in [6.45, 7) is 2.15. The van der Waals surface area contributed by atoms with Gasteiger partial charge in [0.1, 0.15) is 5.82 Å². The van der Waals surface area contributed by atoms with Crippen molar-refractivity contribution in [1.82, 2.24) is 0 Å². The lowest BCUT2D eigenvalue weighted by Crippen LogP contribution is -2.22. The Kier molecular flexibility index (Phi) is 4.13. The minimum atomic E-state index is -0.205. The second kappa shape index (κ2) is 6.00. The number of hydrogen-bond donors (Lipinski definition) is 2. The van der Waals surface area contributed by atoms with E-state index in [4.69, 9.17) is 5.73 Å². The quantitative estimate of drug-likeness (QED) is 0.656. The van der Waals surface area contributed by atoms with Crippen molar-refractivity contribution in [3.8, 4) is 0 Å². The highest BCUT2D eigenvalue weighted by atomic mass is 19.1. The molecule has 0 saturated carbocycles. The lowest BCUT2D eigenvalue weighted by Gasteiger charge is -2.05. The fourth-order valence-electron chi connectivity index (χ4n) is 1.69. The van der Waals surface area contributed by atoms with Crippen molar-refractivity contribution in [2.75, 3.05) is 5.32 Å². The highest BCUT2D eigenvalue weighted by Crippen LogP contribution is 2.10. The van der Waals surface area contributed by atoms with Crippen molar-refractivity contribution in [2.24, 2.45) is 10.7 Å². The van der Waals surface area contributed by atoms with Crippen LogP contribution in [0.5, 0.6) is 0 Å². The van der Waals surface area contributed by atoms with Gasteiger partial charge in [-0.1, -0.05) is 30.3 Å². The molecule has 0 aromatic heterocycles.